The average molecular weight is 389 g/mol. The summed E-state index contributed by atoms with van der Waals surface area (Å²) in [7, 11) is 0. The zero-order valence-electron chi connectivity index (χ0n) is 19.3. The number of hydrogen-bond acceptors (Lipinski definition) is 1. The number of fused-ring (bicyclic) bond motifs is 5. The third-order valence-corrected chi connectivity index (χ3v) is 10.3. The minimum absolute atomic E-state index is 0.0766. The van der Waals surface area contributed by atoms with E-state index in [1.165, 1.54) is 57.8 Å². The van der Waals surface area contributed by atoms with Crippen LogP contribution in [0.15, 0.2) is 11.6 Å². The van der Waals surface area contributed by atoms with Crippen molar-refractivity contribution in [2.24, 2.45) is 46.3 Å². The number of rotatable bonds is 5. The highest BCUT2D eigenvalue weighted by molar-refractivity contribution is 5.25. The summed E-state index contributed by atoms with van der Waals surface area (Å²) in [5, 5.41) is 10.2. The molecule has 4 aliphatic rings. The van der Waals surface area contributed by atoms with Crippen LogP contribution in [0.1, 0.15) is 105 Å². The standard InChI is InChI=1S/C27H46O/c1-18(2)7-6-8-19(3)23-11-12-24-22-10-9-20-17-21(28)13-15-26(20,4)25(22)14-16-27(23,24)5/h9,18-19,21-25,28H,6-8,10-17H2,1-5H3/t19-,21+,22+,23-,24+,25+,26+,27-/m1/s1/i23+2. The second kappa shape index (κ2) is 7.75. The Kier molecular flexibility index (Phi) is 5.80. The molecule has 1 heteroatoms. The van der Waals surface area contributed by atoms with Gasteiger partial charge in [-0.3, -0.25) is 0 Å². The van der Waals surface area contributed by atoms with Gasteiger partial charge in [-0.25, -0.2) is 0 Å². The third-order valence-electron chi connectivity index (χ3n) is 10.3. The Morgan fingerprint density at radius 1 is 1.07 bits per heavy atom. The molecule has 0 heterocycles. The zero-order valence-corrected chi connectivity index (χ0v) is 19.3. The summed E-state index contributed by atoms with van der Waals surface area (Å²) in [6.45, 7) is 12.6. The Morgan fingerprint density at radius 2 is 1.86 bits per heavy atom. The van der Waals surface area contributed by atoms with Crippen LogP contribution in [0.5, 0.6) is 0 Å². The van der Waals surface area contributed by atoms with Crippen LogP contribution in [0, 0.1) is 46.3 Å². The van der Waals surface area contributed by atoms with Gasteiger partial charge < -0.3 is 5.11 Å². The number of aliphatic hydroxyl groups is 1. The van der Waals surface area contributed by atoms with Crippen LogP contribution in [-0.4, -0.2) is 11.2 Å². The summed E-state index contributed by atoms with van der Waals surface area (Å²) >= 11 is 0. The first kappa shape index (κ1) is 21.0. The van der Waals surface area contributed by atoms with Gasteiger partial charge in [-0.2, -0.15) is 0 Å². The lowest BCUT2D eigenvalue weighted by atomic mass is 9.49. The molecule has 8 atom stereocenters. The van der Waals surface area contributed by atoms with Crippen LogP contribution >= 0.6 is 0 Å². The highest BCUT2D eigenvalue weighted by Gasteiger charge is 2.59. The van der Waals surface area contributed by atoms with E-state index >= 15 is 0 Å². The molecule has 0 unspecified atom stereocenters. The molecule has 0 aromatic heterocycles. The van der Waals surface area contributed by atoms with E-state index in [0.717, 1.165) is 48.3 Å². The van der Waals surface area contributed by atoms with Gasteiger partial charge in [-0.15, -0.1) is 0 Å². The second-order valence-electron chi connectivity index (χ2n) is 12.2. The molecule has 1 N–H and O–H groups in total. The van der Waals surface area contributed by atoms with Crippen molar-refractivity contribution >= 4 is 0 Å². The molecule has 0 radical (unpaired) electrons. The summed E-state index contributed by atoms with van der Waals surface area (Å²) in [5.74, 6) is 5.46. The first-order chi connectivity index (χ1) is 13.3. The Hall–Kier alpha value is -0.300. The third kappa shape index (κ3) is 3.42. The Morgan fingerprint density at radius 3 is 2.61 bits per heavy atom. The predicted molar refractivity (Wildman–Crippen MR) is 119 cm³/mol. The van der Waals surface area contributed by atoms with Gasteiger partial charge in [0, 0.05) is 0 Å². The lowest BCUT2D eigenvalue weighted by Gasteiger charge is -2.58. The maximum absolute atomic E-state index is 10.2. The molecule has 4 aliphatic carbocycles. The van der Waals surface area contributed by atoms with Gasteiger partial charge >= 0.3 is 0 Å². The quantitative estimate of drug-likeness (QED) is 0.487. The van der Waals surface area contributed by atoms with E-state index in [1.807, 2.05) is 0 Å². The average Bonchev–Trinajstić information content (AvgIpc) is 2.99. The van der Waals surface area contributed by atoms with Gasteiger partial charge in [0.25, 0.3) is 0 Å². The Labute approximate surface area is 174 Å². The summed E-state index contributed by atoms with van der Waals surface area (Å²) in [5.41, 5.74) is 2.60. The van der Waals surface area contributed by atoms with Crippen LogP contribution < -0.4 is 0 Å². The fourth-order valence-electron chi connectivity index (χ4n) is 8.67. The van der Waals surface area contributed by atoms with Gasteiger partial charge in [0.05, 0.1) is 6.10 Å². The van der Waals surface area contributed by atoms with Crippen molar-refractivity contribution in [1.82, 2.24) is 0 Å². The minimum Gasteiger partial charge on any atom is -0.393 e. The van der Waals surface area contributed by atoms with Crippen LogP contribution in [0.3, 0.4) is 0 Å². The smallest absolute Gasteiger partial charge is 0.0577 e. The van der Waals surface area contributed by atoms with Crippen molar-refractivity contribution < 1.29 is 5.11 Å². The molecule has 4 rings (SSSR count). The summed E-state index contributed by atoms with van der Waals surface area (Å²) in [4.78, 5) is 0. The van der Waals surface area contributed by atoms with Crippen molar-refractivity contribution in [2.75, 3.05) is 0 Å². The molecule has 0 spiro atoms. The first-order valence-electron chi connectivity index (χ1n) is 12.6. The molecule has 0 aromatic rings. The summed E-state index contributed by atoms with van der Waals surface area (Å²) in [6.07, 6.45) is 17.2. The molecule has 3 fully saturated rings. The maximum atomic E-state index is 10.2. The van der Waals surface area contributed by atoms with Gasteiger partial charge in [0.1, 0.15) is 0 Å². The van der Waals surface area contributed by atoms with Gasteiger partial charge in [0.2, 0.25) is 0 Å². The molecular formula is C27H46O. The van der Waals surface area contributed by atoms with E-state index in [0.29, 0.717) is 10.8 Å². The molecule has 3 saturated carbocycles. The van der Waals surface area contributed by atoms with E-state index in [4.69, 9.17) is 0 Å². The highest BCUT2D eigenvalue weighted by Crippen LogP contribution is 2.67. The fourth-order valence-corrected chi connectivity index (χ4v) is 8.67. The number of allylic oxidation sites excluding steroid dienone is 1. The van der Waals surface area contributed by atoms with Gasteiger partial charge in [-0.1, -0.05) is 65.5 Å². The fraction of sp³-hybridized carbons (Fsp3) is 0.926. The number of aliphatic hydroxyl groups excluding tert-OH is 1. The molecule has 1 nitrogen and oxygen atoms in total. The van der Waals surface area contributed by atoms with Crippen molar-refractivity contribution in [2.45, 2.75) is 111 Å². The van der Waals surface area contributed by atoms with E-state index in [9.17, 15) is 5.11 Å². The monoisotopic (exact) mass is 388 g/mol. The van der Waals surface area contributed by atoms with Crippen LogP contribution in [0.4, 0.5) is 0 Å². The topological polar surface area (TPSA) is 20.2 Å². The maximum Gasteiger partial charge on any atom is 0.0577 e. The van der Waals surface area contributed by atoms with E-state index in [-0.39, 0.29) is 6.10 Å². The van der Waals surface area contributed by atoms with Crippen molar-refractivity contribution in [3.05, 3.63) is 11.6 Å². The largest absolute Gasteiger partial charge is 0.393 e. The molecule has 0 bridgehead atoms. The molecule has 28 heavy (non-hydrogen) atoms. The van der Waals surface area contributed by atoms with Crippen LogP contribution in [0.25, 0.3) is 0 Å². The van der Waals surface area contributed by atoms with Crippen LogP contribution in [0.2, 0.25) is 0 Å². The molecule has 0 amide bonds. The minimum atomic E-state index is -0.0766. The molecule has 0 aliphatic heterocycles. The molecular weight excluding hydrogens is 342 g/mol. The lowest BCUT2D eigenvalue weighted by molar-refractivity contribution is -0.0573. The zero-order chi connectivity index (χ0) is 20.1. The normalized spacial score (nSPS) is 46.5. The van der Waals surface area contributed by atoms with Gasteiger partial charge in [0.15, 0.2) is 0 Å². The lowest BCUT2D eigenvalue weighted by Crippen LogP contribution is -2.50. The number of hydrogen-bond donors (Lipinski definition) is 1. The Bertz CT molecular complexity index is 591. The highest BCUT2D eigenvalue weighted by atomic mass is 16.3. The molecule has 160 valence electrons. The van der Waals surface area contributed by atoms with Crippen molar-refractivity contribution in [1.29, 1.82) is 0 Å². The second-order valence-corrected chi connectivity index (χ2v) is 12.2. The van der Waals surface area contributed by atoms with Crippen LogP contribution in [-0.2, 0) is 0 Å². The molecule has 0 saturated heterocycles. The summed E-state index contributed by atoms with van der Waals surface area (Å²) < 4.78 is 0. The van der Waals surface area contributed by atoms with Gasteiger partial charge in [-0.05, 0) is 97.7 Å². The Balaban J connectivity index is 1.49. The van der Waals surface area contributed by atoms with Crippen molar-refractivity contribution in [3.8, 4) is 0 Å². The van der Waals surface area contributed by atoms with Crippen molar-refractivity contribution in [3.63, 3.8) is 0 Å². The van der Waals surface area contributed by atoms with E-state index in [2.05, 4.69) is 40.7 Å². The molecule has 0 aromatic carbocycles. The first-order valence-corrected chi connectivity index (χ1v) is 12.6. The summed E-state index contributed by atoms with van der Waals surface area (Å²) in [6, 6.07) is 0. The van der Waals surface area contributed by atoms with E-state index < -0.39 is 0 Å². The SMILES string of the molecule is CC(C)CCC[C@@H](C)[14C@H]1CC[C@H]2[C@@H]3CC=C4C[C@@H](O)CC[C@]4(C)[C@H]3CC[C@@]21C. The predicted octanol–water partition coefficient (Wildman–Crippen LogP) is 7.39. The van der Waals surface area contributed by atoms with E-state index in [1.54, 1.807) is 5.57 Å².